The number of benzene rings is 2. The van der Waals surface area contributed by atoms with E-state index in [0.717, 1.165) is 12.5 Å². The van der Waals surface area contributed by atoms with Crippen LogP contribution < -0.4 is 4.74 Å². The molecule has 0 bridgehead atoms. The van der Waals surface area contributed by atoms with Gasteiger partial charge in [0.15, 0.2) is 5.75 Å². The first-order valence-electron chi connectivity index (χ1n) is 6.56. The van der Waals surface area contributed by atoms with Crippen LogP contribution in [0.1, 0.15) is 18.1 Å². The molecule has 2 aromatic rings. The minimum Gasteiger partial charge on any atom is -0.478 e. The van der Waals surface area contributed by atoms with Crippen LogP contribution in [-0.2, 0) is 11.2 Å². The Bertz CT molecular complexity index is 660. The molecule has 0 spiro atoms. The lowest BCUT2D eigenvalue weighted by molar-refractivity contribution is -0.131. The molecule has 0 saturated heterocycles. The maximum Gasteiger partial charge on any atom is 0.328 e. The minimum atomic E-state index is -1.02. The van der Waals surface area contributed by atoms with Crippen molar-refractivity contribution in [3.63, 3.8) is 0 Å². The quantitative estimate of drug-likeness (QED) is 0.808. The molecule has 21 heavy (non-hydrogen) atoms. The molecule has 0 amide bonds. The van der Waals surface area contributed by atoms with E-state index < -0.39 is 5.97 Å². The standard InChI is InChI=1S/C17H15ClO3/c1-2-12-6-9-14(10-7-12)21-17-13(8-11-16(19)20)4-3-5-15(17)18/h3-11H,2H2,1H3,(H,19,20)/b11-8+. The monoisotopic (exact) mass is 302 g/mol. The number of halogens is 1. The number of hydrogen-bond acceptors (Lipinski definition) is 2. The lowest BCUT2D eigenvalue weighted by Crippen LogP contribution is -1.91. The second kappa shape index (κ2) is 6.95. The van der Waals surface area contributed by atoms with E-state index in [-0.39, 0.29) is 0 Å². The predicted octanol–water partition coefficient (Wildman–Crippen LogP) is 4.79. The molecular formula is C17H15ClO3. The van der Waals surface area contributed by atoms with Gasteiger partial charge >= 0.3 is 5.97 Å². The number of hydrogen-bond donors (Lipinski definition) is 1. The number of rotatable bonds is 5. The molecule has 2 aromatic carbocycles. The summed E-state index contributed by atoms with van der Waals surface area (Å²) in [6.07, 6.45) is 3.47. The summed E-state index contributed by atoms with van der Waals surface area (Å²) in [7, 11) is 0. The second-order valence-corrected chi connectivity index (χ2v) is 4.84. The molecule has 0 radical (unpaired) electrons. The summed E-state index contributed by atoms with van der Waals surface area (Å²) in [5, 5.41) is 9.15. The fourth-order valence-corrected chi connectivity index (χ4v) is 2.06. The smallest absolute Gasteiger partial charge is 0.328 e. The zero-order valence-electron chi connectivity index (χ0n) is 11.5. The zero-order chi connectivity index (χ0) is 15.2. The van der Waals surface area contributed by atoms with Crippen LogP contribution in [-0.4, -0.2) is 11.1 Å². The summed E-state index contributed by atoms with van der Waals surface area (Å²) in [4.78, 5) is 10.6. The highest BCUT2D eigenvalue weighted by atomic mass is 35.5. The van der Waals surface area contributed by atoms with E-state index in [0.29, 0.717) is 22.1 Å². The van der Waals surface area contributed by atoms with E-state index in [4.69, 9.17) is 21.4 Å². The molecule has 0 aliphatic rings. The highest BCUT2D eigenvalue weighted by molar-refractivity contribution is 6.32. The van der Waals surface area contributed by atoms with Crippen molar-refractivity contribution < 1.29 is 14.6 Å². The van der Waals surface area contributed by atoms with E-state index in [1.807, 2.05) is 24.3 Å². The molecule has 4 heteroatoms. The largest absolute Gasteiger partial charge is 0.478 e. The van der Waals surface area contributed by atoms with Crippen molar-refractivity contribution in [2.45, 2.75) is 13.3 Å². The van der Waals surface area contributed by atoms with Gasteiger partial charge in [0.05, 0.1) is 5.02 Å². The first kappa shape index (κ1) is 15.1. The van der Waals surface area contributed by atoms with Crippen molar-refractivity contribution in [1.29, 1.82) is 0 Å². The highest BCUT2D eigenvalue weighted by Crippen LogP contribution is 2.33. The van der Waals surface area contributed by atoms with E-state index >= 15 is 0 Å². The Labute approximate surface area is 128 Å². The number of aryl methyl sites for hydroxylation is 1. The number of ether oxygens (including phenoxy) is 1. The van der Waals surface area contributed by atoms with E-state index in [1.54, 1.807) is 18.2 Å². The number of carbonyl (C=O) groups is 1. The van der Waals surface area contributed by atoms with Crippen molar-refractivity contribution in [1.82, 2.24) is 0 Å². The number of carboxylic acid groups (broad SMARTS) is 1. The molecule has 0 heterocycles. The molecule has 0 saturated carbocycles. The van der Waals surface area contributed by atoms with Crippen LogP contribution in [0.25, 0.3) is 6.08 Å². The molecule has 1 N–H and O–H groups in total. The van der Waals surface area contributed by atoms with Crippen LogP contribution in [0.3, 0.4) is 0 Å². The van der Waals surface area contributed by atoms with Gasteiger partial charge in [-0.25, -0.2) is 4.79 Å². The van der Waals surface area contributed by atoms with Gasteiger partial charge in [0.25, 0.3) is 0 Å². The lowest BCUT2D eigenvalue weighted by Gasteiger charge is -2.11. The molecule has 0 atom stereocenters. The molecule has 2 rings (SSSR count). The Morgan fingerprint density at radius 2 is 1.95 bits per heavy atom. The fraction of sp³-hybridized carbons (Fsp3) is 0.118. The summed E-state index contributed by atoms with van der Waals surface area (Å²) < 4.78 is 5.80. The Kier molecular flexibility index (Phi) is 5.01. The minimum absolute atomic E-state index is 0.433. The van der Waals surface area contributed by atoms with E-state index in [2.05, 4.69) is 6.92 Å². The SMILES string of the molecule is CCc1ccc(Oc2c(Cl)cccc2/C=C/C(=O)O)cc1. The van der Waals surface area contributed by atoms with Crippen molar-refractivity contribution in [2.24, 2.45) is 0 Å². The van der Waals surface area contributed by atoms with Gasteiger partial charge in [-0.2, -0.15) is 0 Å². The van der Waals surface area contributed by atoms with E-state index in [9.17, 15) is 4.79 Å². The van der Waals surface area contributed by atoms with Gasteiger partial charge in [0.1, 0.15) is 5.75 Å². The van der Waals surface area contributed by atoms with Gasteiger partial charge in [0.2, 0.25) is 0 Å². The van der Waals surface area contributed by atoms with Gasteiger partial charge in [-0.05, 0) is 36.3 Å². The molecule has 3 nitrogen and oxygen atoms in total. The predicted molar refractivity (Wildman–Crippen MR) is 84.0 cm³/mol. The molecule has 108 valence electrons. The molecular weight excluding hydrogens is 288 g/mol. The molecule has 0 aromatic heterocycles. The Morgan fingerprint density at radius 3 is 2.57 bits per heavy atom. The van der Waals surface area contributed by atoms with Crippen LogP contribution in [0, 0.1) is 0 Å². The van der Waals surface area contributed by atoms with Gasteiger partial charge < -0.3 is 9.84 Å². The molecule has 0 fully saturated rings. The van der Waals surface area contributed by atoms with Crippen molar-refractivity contribution in [3.05, 3.63) is 64.7 Å². The second-order valence-electron chi connectivity index (χ2n) is 4.43. The lowest BCUT2D eigenvalue weighted by atomic mass is 10.1. The third-order valence-electron chi connectivity index (χ3n) is 2.95. The number of aliphatic carboxylic acids is 1. The topological polar surface area (TPSA) is 46.5 Å². The van der Waals surface area contributed by atoms with Crippen LogP contribution in [0.4, 0.5) is 0 Å². The van der Waals surface area contributed by atoms with Gasteiger partial charge in [-0.3, -0.25) is 0 Å². The third-order valence-corrected chi connectivity index (χ3v) is 3.25. The number of carboxylic acids is 1. The van der Waals surface area contributed by atoms with Crippen molar-refractivity contribution >= 4 is 23.6 Å². The summed E-state index contributed by atoms with van der Waals surface area (Å²) in [5.74, 6) is 0.0828. The van der Waals surface area contributed by atoms with Gasteiger partial charge in [-0.15, -0.1) is 0 Å². The third kappa shape index (κ3) is 4.10. The normalized spacial score (nSPS) is 10.8. The number of para-hydroxylation sites is 1. The Hall–Kier alpha value is -2.26. The zero-order valence-corrected chi connectivity index (χ0v) is 12.3. The fourth-order valence-electron chi connectivity index (χ4n) is 1.84. The van der Waals surface area contributed by atoms with Crippen LogP contribution in [0.5, 0.6) is 11.5 Å². The van der Waals surface area contributed by atoms with Crippen LogP contribution in [0.2, 0.25) is 5.02 Å². The molecule has 0 aliphatic heterocycles. The average Bonchev–Trinajstić information content (AvgIpc) is 2.48. The maximum absolute atomic E-state index is 10.6. The molecule has 0 unspecified atom stereocenters. The summed E-state index contributed by atoms with van der Waals surface area (Å²) in [6, 6.07) is 12.9. The first-order chi connectivity index (χ1) is 10.1. The van der Waals surface area contributed by atoms with Crippen LogP contribution in [0.15, 0.2) is 48.5 Å². The summed E-state index contributed by atoms with van der Waals surface area (Å²) in [6.45, 7) is 2.08. The maximum atomic E-state index is 10.6. The van der Waals surface area contributed by atoms with Gasteiger partial charge in [-0.1, -0.05) is 42.8 Å². The van der Waals surface area contributed by atoms with Crippen LogP contribution >= 0.6 is 11.6 Å². The van der Waals surface area contributed by atoms with Gasteiger partial charge in [0, 0.05) is 11.6 Å². The highest BCUT2D eigenvalue weighted by Gasteiger charge is 2.08. The first-order valence-corrected chi connectivity index (χ1v) is 6.94. The summed E-state index contributed by atoms with van der Waals surface area (Å²) >= 11 is 6.15. The molecule has 0 aliphatic carbocycles. The van der Waals surface area contributed by atoms with E-state index in [1.165, 1.54) is 11.6 Å². The van der Waals surface area contributed by atoms with Crippen molar-refractivity contribution in [3.8, 4) is 11.5 Å². The summed E-state index contributed by atoms with van der Waals surface area (Å²) in [5.41, 5.74) is 1.83. The Balaban J connectivity index is 2.31. The Morgan fingerprint density at radius 1 is 1.24 bits per heavy atom. The average molecular weight is 303 g/mol. The van der Waals surface area contributed by atoms with Crippen molar-refractivity contribution in [2.75, 3.05) is 0 Å².